The third-order valence-corrected chi connectivity index (χ3v) is 2.84. The van der Waals surface area contributed by atoms with Crippen LogP contribution in [-0.4, -0.2) is 33.4 Å². The van der Waals surface area contributed by atoms with Crippen LogP contribution in [0.15, 0.2) is 30.6 Å². The second-order valence-corrected chi connectivity index (χ2v) is 3.98. The minimum atomic E-state index is 1.01. The van der Waals surface area contributed by atoms with Crippen LogP contribution in [0.25, 0.3) is 11.0 Å². The van der Waals surface area contributed by atoms with Crippen molar-refractivity contribution in [1.29, 1.82) is 0 Å². The summed E-state index contributed by atoms with van der Waals surface area (Å²) < 4.78 is 2.15. The van der Waals surface area contributed by atoms with Crippen LogP contribution < -0.4 is 0 Å². The van der Waals surface area contributed by atoms with Gasteiger partial charge in [0.25, 0.3) is 0 Å². The molecule has 1 heterocycles. The maximum atomic E-state index is 4.22. The van der Waals surface area contributed by atoms with Crippen LogP contribution in [0, 0.1) is 0 Å². The van der Waals surface area contributed by atoms with E-state index in [1.165, 1.54) is 5.52 Å². The first-order chi connectivity index (χ1) is 4.88. The van der Waals surface area contributed by atoms with Crippen LogP contribution in [0.4, 0.5) is 0 Å². The molecule has 3 radical (unpaired) electrons. The SMILES string of the molecule is [Pb][n]1cnc2ccccc21. The zero-order valence-electron chi connectivity index (χ0n) is 5.28. The Labute approximate surface area is 75.0 Å². The molecule has 0 fully saturated rings. The first kappa shape index (κ1) is 6.33. The summed E-state index contributed by atoms with van der Waals surface area (Å²) in [5.41, 5.74) is 2.34. The van der Waals surface area contributed by atoms with Gasteiger partial charge in [-0.2, -0.15) is 0 Å². The molecule has 0 saturated heterocycles. The standard InChI is InChI=1S/C7H5N2.Pb/c1-2-4-7-6(3-1)8-5-9-7;/h1-5H;/q-1;+1. The zero-order valence-corrected chi connectivity index (χ0v) is 9.17. The Balaban J connectivity index is 2.93. The maximum absolute atomic E-state index is 4.22. The third-order valence-electron chi connectivity index (χ3n) is 1.45. The van der Waals surface area contributed by atoms with E-state index < -0.39 is 0 Å². The molecule has 0 aliphatic rings. The number of rotatable bonds is 0. The van der Waals surface area contributed by atoms with Gasteiger partial charge in [-0.15, -0.1) is 0 Å². The van der Waals surface area contributed by atoms with Crippen molar-refractivity contribution in [3.8, 4) is 0 Å². The summed E-state index contributed by atoms with van der Waals surface area (Å²) in [5.74, 6) is 0. The molecule has 2 rings (SSSR count). The quantitative estimate of drug-likeness (QED) is 0.660. The van der Waals surface area contributed by atoms with E-state index in [1.54, 1.807) is 0 Å². The van der Waals surface area contributed by atoms with Gasteiger partial charge in [0, 0.05) is 0 Å². The number of aromatic nitrogens is 2. The molecule has 1 aromatic carbocycles. The average Bonchev–Trinajstić information content (AvgIpc) is 2.34. The summed E-state index contributed by atoms with van der Waals surface area (Å²) in [7, 11) is 0. The van der Waals surface area contributed by atoms with E-state index in [0.29, 0.717) is 0 Å². The van der Waals surface area contributed by atoms with E-state index in [-0.39, 0.29) is 0 Å². The molecular weight excluding hydrogens is 319 g/mol. The monoisotopic (exact) mass is 325 g/mol. The molecule has 2 aromatic rings. The van der Waals surface area contributed by atoms with Crippen LogP contribution in [0.5, 0.6) is 0 Å². The minimum absolute atomic E-state index is 1.01. The number of para-hydroxylation sites is 2. The summed E-state index contributed by atoms with van der Waals surface area (Å²) in [6.45, 7) is 0. The van der Waals surface area contributed by atoms with E-state index in [1.807, 2.05) is 24.5 Å². The Morgan fingerprint density at radius 1 is 1.30 bits per heavy atom. The molecule has 0 aliphatic heterocycles. The third kappa shape index (κ3) is 0.865. The fraction of sp³-hybridized carbons (Fsp3) is 0. The molecule has 3 heteroatoms. The Bertz CT molecular complexity index is 353. The van der Waals surface area contributed by atoms with Crippen molar-refractivity contribution in [2.24, 2.45) is 0 Å². The fourth-order valence-corrected chi connectivity index (χ4v) is 1.92. The molecule has 0 spiro atoms. The number of imidazole rings is 1. The van der Waals surface area contributed by atoms with Gasteiger partial charge >= 0.3 is 75.1 Å². The number of benzene rings is 1. The van der Waals surface area contributed by atoms with Crippen LogP contribution in [0.2, 0.25) is 0 Å². The Hall–Kier alpha value is -0.388. The van der Waals surface area contributed by atoms with Crippen molar-refractivity contribution < 1.29 is 0 Å². The van der Waals surface area contributed by atoms with Crippen molar-refractivity contribution in [3.63, 3.8) is 0 Å². The Morgan fingerprint density at radius 2 is 2.10 bits per heavy atom. The summed E-state index contributed by atoms with van der Waals surface area (Å²) in [6.07, 6.45) is 1.89. The molecule has 0 N–H and O–H groups in total. The van der Waals surface area contributed by atoms with Crippen molar-refractivity contribution in [1.82, 2.24) is 7.36 Å². The topological polar surface area (TPSA) is 17.8 Å². The van der Waals surface area contributed by atoms with Gasteiger partial charge in [0.05, 0.1) is 0 Å². The molecule has 0 bridgehead atoms. The zero-order chi connectivity index (χ0) is 6.97. The van der Waals surface area contributed by atoms with Crippen LogP contribution in [-0.2, 0) is 0 Å². The van der Waals surface area contributed by atoms with Gasteiger partial charge in [-0.25, -0.2) is 0 Å². The van der Waals surface area contributed by atoms with Gasteiger partial charge in [0.1, 0.15) is 0 Å². The molecule has 0 atom stereocenters. The van der Waals surface area contributed by atoms with Crippen LogP contribution in [0.1, 0.15) is 0 Å². The number of hydrogen-bond acceptors (Lipinski definition) is 1. The fourth-order valence-electron chi connectivity index (χ4n) is 0.959. The van der Waals surface area contributed by atoms with Crippen molar-refractivity contribution in [3.05, 3.63) is 30.6 Å². The van der Waals surface area contributed by atoms with E-state index in [9.17, 15) is 0 Å². The molecule has 10 heavy (non-hydrogen) atoms. The van der Waals surface area contributed by atoms with Gasteiger partial charge < -0.3 is 0 Å². The predicted molar refractivity (Wildman–Crippen MR) is 40.9 cm³/mol. The van der Waals surface area contributed by atoms with Crippen LogP contribution >= 0.6 is 0 Å². The van der Waals surface area contributed by atoms with E-state index in [4.69, 9.17) is 0 Å². The average molecular weight is 324 g/mol. The van der Waals surface area contributed by atoms with Crippen molar-refractivity contribution >= 4 is 37.1 Å². The number of fused-ring (bicyclic) bond motifs is 1. The molecule has 47 valence electrons. The van der Waals surface area contributed by atoms with E-state index in [0.717, 1.165) is 31.6 Å². The van der Waals surface area contributed by atoms with Gasteiger partial charge in [-0.05, 0) is 0 Å². The Morgan fingerprint density at radius 3 is 2.90 bits per heavy atom. The molecule has 0 amide bonds. The number of hydrogen-bond donors (Lipinski definition) is 0. The molecule has 0 saturated carbocycles. The van der Waals surface area contributed by atoms with Gasteiger partial charge in [0.15, 0.2) is 0 Å². The molecule has 1 aromatic heterocycles. The van der Waals surface area contributed by atoms with Crippen LogP contribution in [0.3, 0.4) is 0 Å². The second kappa shape index (κ2) is 2.34. The molecular formula is C7H5N2Pb. The molecule has 0 aliphatic carbocycles. The second-order valence-electron chi connectivity index (χ2n) is 2.10. The summed E-state index contributed by atoms with van der Waals surface area (Å²) >= 11 is 1.01. The first-order valence-corrected chi connectivity index (χ1v) is 4.75. The van der Waals surface area contributed by atoms with E-state index >= 15 is 0 Å². The predicted octanol–water partition coefficient (Wildman–Crippen LogP) is 0.968. The van der Waals surface area contributed by atoms with Gasteiger partial charge in [-0.3, -0.25) is 0 Å². The molecule has 2 nitrogen and oxygen atoms in total. The van der Waals surface area contributed by atoms with Gasteiger partial charge in [-0.1, -0.05) is 0 Å². The van der Waals surface area contributed by atoms with Crippen molar-refractivity contribution in [2.45, 2.75) is 0 Å². The van der Waals surface area contributed by atoms with Crippen molar-refractivity contribution in [2.75, 3.05) is 0 Å². The van der Waals surface area contributed by atoms with E-state index in [2.05, 4.69) is 13.4 Å². The summed E-state index contributed by atoms with van der Waals surface area (Å²) in [6, 6.07) is 8.17. The number of nitrogens with zero attached hydrogens (tertiary/aromatic N) is 2. The Kier molecular flexibility index (Phi) is 1.48. The first-order valence-electron chi connectivity index (χ1n) is 3.01. The summed E-state index contributed by atoms with van der Waals surface area (Å²) in [4.78, 5) is 4.22. The normalized spacial score (nSPS) is 10.5. The summed E-state index contributed by atoms with van der Waals surface area (Å²) in [5, 5.41) is 0. The van der Waals surface area contributed by atoms with Gasteiger partial charge in [0.2, 0.25) is 0 Å². The molecule has 0 unspecified atom stereocenters.